The molecule has 5 nitrogen and oxygen atoms in total. The van der Waals surface area contributed by atoms with Gasteiger partial charge in [-0.1, -0.05) is 26.0 Å². The molecule has 1 aromatic carbocycles. The minimum Gasteiger partial charge on any atom is -0.380 e. The van der Waals surface area contributed by atoms with Gasteiger partial charge in [-0.15, -0.1) is 0 Å². The number of piperazine rings is 1. The molecule has 6 heteroatoms. The highest BCUT2D eigenvalue weighted by molar-refractivity contribution is 5.92. The standard InChI is InChI=1S/C18H28FN3O2/c1-15(2)14-24-12-11-21-7-9-22(10-8-21)13-18(23)20-17-6-4-3-5-16(17)19/h3-6,15H,7-14H2,1-2H3,(H,20,23). The first-order valence-corrected chi connectivity index (χ1v) is 8.61. The molecule has 0 unspecified atom stereocenters. The van der Waals surface area contributed by atoms with Crippen molar-refractivity contribution in [3.63, 3.8) is 0 Å². The monoisotopic (exact) mass is 337 g/mol. The van der Waals surface area contributed by atoms with Gasteiger partial charge in [0, 0.05) is 39.3 Å². The van der Waals surface area contributed by atoms with Gasteiger partial charge in [-0.25, -0.2) is 4.39 Å². The summed E-state index contributed by atoms with van der Waals surface area (Å²) in [6, 6.07) is 6.23. The molecule has 1 aliphatic heterocycles. The summed E-state index contributed by atoms with van der Waals surface area (Å²) in [5, 5.41) is 2.63. The first-order valence-electron chi connectivity index (χ1n) is 8.61. The van der Waals surface area contributed by atoms with E-state index >= 15 is 0 Å². The topological polar surface area (TPSA) is 44.8 Å². The summed E-state index contributed by atoms with van der Waals surface area (Å²) < 4.78 is 19.1. The molecule has 1 saturated heterocycles. The number of hydrogen-bond acceptors (Lipinski definition) is 4. The fraction of sp³-hybridized carbons (Fsp3) is 0.611. The predicted octanol–water partition coefficient (Wildman–Crippen LogP) is 2.05. The highest BCUT2D eigenvalue weighted by Gasteiger charge is 2.19. The van der Waals surface area contributed by atoms with Gasteiger partial charge in [-0.3, -0.25) is 14.6 Å². The van der Waals surface area contributed by atoms with E-state index in [0.29, 0.717) is 12.5 Å². The second kappa shape index (κ2) is 9.71. The molecule has 134 valence electrons. The molecule has 0 atom stereocenters. The molecule has 1 fully saturated rings. The highest BCUT2D eigenvalue weighted by Crippen LogP contribution is 2.12. The van der Waals surface area contributed by atoms with Gasteiger partial charge in [0.05, 0.1) is 18.8 Å². The number of hydrogen-bond donors (Lipinski definition) is 1. The van der Waals surface area contributed by atoms with Crippen LogP contribution in [0.15, 0.2) is 24.3 Å². The molecule has 0 aromatic heterocycles. The summed E-state index contributed by atoms with van der Waals surface area (Å²) in [6.07, 6.45) is 0. The Morgan fingerprint density at radius 3 is 2.54 bits per heavy atom. The zero-order valence-electron chi connectivity index (χ0n) is 14.6. The summed E-state index contributed by atoms with van der Waals surface area (Å²) in [5.74, 6) is -0.0132. The molecule has 1 aromatic rings. The third kappa shape index (κ3) is 6.55. The van der Waals surface area contributed by atoms with E-state index in [1.165, 1.54) is 6.07 Å². The highest BCUT2D eigenvalue weighted by atomic mass is 19.1. The second-order valence-electron chi connectivity index (χ2n) is 6.61. The maximum Gasteiger partial charge on any atom is 0.238 e. The smallest absolute Gasteiger partial charge is 0.238 e. The van der Waals surface area contributed by atoms with E-state index in [1.54, 1.807) is 18.2 Å². The Morgan fingerprint density at radius 2 is 1.88 bits per heavy atom. The van der Waals surface area contributed by atoms with Gasteiger partial charge in [-0.2, -0.15) is 0 Å². The Bertz CT molecular complexity index is 517. The third-order valence-electron chi connectivity index (χ3n) is 3.98. The zero-order valence-corrected chi connectivity index (χ0v) is 14.6. The number of nitrogens with zero attached hydrogens (tertiary/aromatic N) is 2. The third-order valence-corrected chi connectivity index (χ3v) is 3.98. The number of carbonyl (C=O) groups excluding carboxylic acids is 1. The summed E-state index contributed by atoms with van der Waals surface area (Å²) in [7, 11) is 0. The lowest BCUT2D eigenvalue weighted by molar-refractivity contribution is -0.117. The number of ether oxygens (including phenoxy) is 1. The van der Waals surface area contributed by atoms with E-state index in [9.17, 15) is 9.18 Å². The van der Waals surface area contributed by atoms with Crippen LogP contribution in [0.2, 0.25) is 0 Å². The number of para-hydroxylation sites is 1. The van der Waals surface area contributed by atoms with Gasteiger partial charge in [-0.05, 0) is 18.1 Å². The Balaban J connectivity index is 1.64. The van der Waals surface area contributed by atoms with E-state index < -0.39 is 5.82 Å². The van der Waals surface area contributed by atoms with Gasteiger partial charge >= 0.3 is 0 Å². The molecular formula is C18H28FN3O2. The van der Waals surface area contributed by atoms with E-state index in [4.69, 9.17) is 4.74 Å². The van der Waals surface area contributed by atoms with Crippen LogP contribution in [0, 0.1) is 11.7 Å². The molecule has 0 spiro atoms. The summed E-state index contributed by atoms with van der Waals surface area (Å²) in [4.78, 5) is 16.5. The van der Waals surface area contributed by atoms with Crippen molar-refractivity contribution in [2.45, 2.75) is 13.8 Å². The van der Waals surface area contributed by atoms with E-state index in [2.05, 4.69) is 29.0 Å². The molecule has 1 amide bonds. The predicted molar refractivity (Wildman–Crippen MR) is 93.6 cm³/mol. The average Bonchev–Trinajstić information content (AvgIpc) is 2.55. The number of amides is 1. The van der Waals surface area contributed by atoms with Crippen molar-refractivity contribution in [2.24, 2.45) is 5.92 Å². The Morgan fingerprint density at radius 1 is 1.21 bits per heavy atom. The minimum absolute atomic E-state index is 0.172. The summed E-state index contributed by atoms with van der Waals surface area (Å²) in [5.41, 5.74) is 0.239. The molecule has 2 rings (SSSR count). The average molecular weight is 337 g/mol. The number of carbonyl (C=O) groups is 1. The van der Waals surface area contributed by atoms with Crippen LogP contribution in [0.25, 0.3) is 0 Å². The van der Waals surface area contributed by atoms with Crippen LogP contribution in [0.5, 0.6) is 0 Å². The molecule has 0 radical (unpaired) electrons. The van der Waals surface area contributed by atoms with Crippen molar-refractivity contribution in [3.8, 4) is 0 Å². The lowest BCUT2D eigenvalue weighted by Crippen LogP contribution is -2.49. The Kier molecular flexibility index (Phi) is 7.62. The van der Waals surface area contributed by atoms with E-state index in [1.807, 2.05) is 0 Å². The Labute approximate surface area is 143 Å². The molecular weight excluding hydrogens is 309 g/mol. The normalized spacial score (nSPS) is 16.5. The fourth-order valence-electron chi connectivity index (χ4n) is 2.64. The SMILES string of the molecule is CC(C)COCCN1CCN(CC(=O)Nc2ccccc2F)CC1. The fourth-order valence-corrected chi connectivity index (χ4v) is 2.64. The number of nitrogens with one attached hydrogen (secondary N) is 1. The van der Waals surface area contributed by atoms with Crippen molar-refractivity contribution >= 4 is 11.6 Å². The van der Waals surface area contributed by atoms with Gasteiger partial charge in [0.1, 0.15) is 5.82 Å². The molecule has 0 bridgehead atoms. The largest absolute Gasteiger partial charge is 0.380 e. The maximum atomic E-state index is 13.5. The zero-order chi connectivity index (χ0) is 17.4. The van der Waals surface area contributed by atoms with Gasteiger partial charge < -0.3 is 10.1 Å². The molecule has 0 aliphatic carbocycles. The first kappa shape index (κ1) is 18.8. The molecule has 0 saturated carbocycles. The maximum absolute atomic E-state index is 13.5. The molecule has 1 N–H and O–H groups in total. The minimum atomic E-state index is -0.405. The van der Waals surface area contributed by atoms with Crippen LogP contribution in [-0.4, -0.2) is 68.2 Å². The molecule has 1 heterocycles. The van der Waals surface area contributed by atoms with Crippen molar-refractivity contribution in [2.75, 3.05) is 57.8 Å². The van der Waals surface area contributed by atoms with Gasteiger partial charge in [0.15, 0.2) is 0 Å². The van der Waals surface area contributed by atoms with Crippen molar-refractivity contribution in [1.29, 1.82) is 0 Å². The van der Waals surface area contributed by atoms with Crippen LogP contribution < -0.4 is 5.32 Å². The number of anilines is 1. The van der Waals surface area contributed by atoms with Crippen LogP contribution in [0.4, 0.5) is 10.1 Å². The number of benzene rings is 1. The van der Waals surface area contributed by atoms with Crippen LogP contribution >= 0.6 is 0 Å². The second-order valence-corrected chi connectivity index (χ2v) is 6.61. The van der Waals surface area contributed by atoms with E-state index in [-0.39, 0.29) is 11.6 Å². The van der Waals surface area contributed by atoms with Crippen LogP contribution in [-0.2, 0) is 9.53 Å². The van der Waals surface area contributed by atoms with Crippen LogP contribution in [0.1, 0.15) is 13.8 Å². The van der Waals surface area contributed by atoms with Gasteiger partial charge in [0.25, 0.3) is 0 Å². The number of rotatable bonds is 8. The van der Waals surface area contributed by atoms with Crippen molar-refractivity contribution in [1.82, 2.24) is 9.80 Å². The van der Waals surface area contributed by atoms with Crippen LogP contribution in [0.3, 0.4) is 0 Å². The number of halogens is 1. The van der Waals surface area contributed by atoms with Crippen molar-refractivity contribution < 1.29 is 13.9 Å². The molecule has 24 heavy (non-hydrogen) atoms. The first-order chi connectivity index (χ1) is 11.5. The van der Waals surface area contributed by atoms with Gasteiger partial charge in [0.2, 0.25) is 5.91 Å². The quantitative estimate of drug-likeness (QED) is 0.738. The summed E-state index contributed by atoms with van der Waals surface area (Å²) in [6.45, 7) is 10.6. The molecule has 1 aliphatic rings. The van der Waals surface area contributed by atoms with E-state index in [0.717, 1.165) is 45.9 Å². The summed E-state index contributed by atoms with van der Waals surface area (Å²) >= 11 is 0. The Hall–Kier alpha value is -1.50. The lowest BCUT2D eigenvalue weighted by Gasteiger charge is -2.34. The lowest BCUT2D eigenvalue weighted by atomic mass is 10.2. The van der Waals surface area contributed by atoms with Crippen molar-refractivity contribution in [3.05, 3.63) is 30.1 Å².